The Morgan fingerprint density at radius 1 is 0.875 bits per heavy atom. The second-order valence-electron chi connectivity index (χ2n) is 5.41. The van der Waals surface area contributed by atoms with Gasteiger partial charge in [-0.15, -0.1) is 0 Å². The Kier molecular flexibility index (Phi) is 3.99. The van der Waals surface area contributed by atoms with Gasteiger partial charge in [-0.1, -0.05) is 36.4 Å². The molecule has 0 aliphatic carbocycles. The summed E-state index contributed by atoms with van der Waals surface area (Å²) in [6, 6.07) is 18.8. The zero-order valence-electron chi connectivity index (χ0n) is 12.9. The first-order chi connectivity index (χ1) is 11.4. The molecule has 0 heterocycles. The van der Waals surface area contributed by atoms with Gasteiger partial charge < -0.3 is 5.11 Å². The average Bonchev–Trinajstić information content (AvgIpc) is 2.54. The Morgan fingerprint density at radius 2 is 1.54 bits per heavy atom. The molecule has 0 fully saturated rings. The van der Waals surface area contributed by atoms with Crippen LogP contribution in [0.2, 0.25) is 0 Å². The van der Waals surface area contributed by atoms with Crippen molar-refractivity contribution in [2.24, 2.45) is 0 Å². The number of rotatable bonds is 4. The van der Waals surface area contributed by atoms with Crippen LogP contribution in [0.5, 0.6) is 0 Å². The smallest absolute Gasteiger partial charge is 0.335 e. The van der Waals surface area contributed by atoms with Crippen LogP contribution in [0.4, 0.5) is 11.4 Å². The maximum atomic E-state index is 12.3. The summed E-state index contributed by atoms with van der Waals surface area (Å²) in [6.07, 6.45) is 1.09. The second kappa shape index (κ2) is 5.98. The molecule has 3 aromatic rings. The fourth-order valence-corrected chi connectivity index (χ4v) is 3.59. The minimum Gasteiger partial charge on any atom is -0.478 e. The fraction of sp³-hybridized carbons (Fsp3) is 0.0556. The third kappa shape index (κ3) is 3.09. The van der Waals surface area contributed by atoms with Crippen LogP contribution in [-0.2, 0) is 10.0 Å². The molecule has 0 radical (unpaired) electrons. The van der Waals surface area contributed by atoms with E-state index in [0.29, 0.717) is 5.69 Å². The quantitative estimate of drug-likeness (QED) is 0.786. The van der Waals surface area contributed by atoms with Crippen molar-refractivity contribution in [3.63, 3.8) is 0 Å². The zero-order valence-corrected chi connectivity index (χ0v) is 13.7. The number of fused-ring (bicyclic) bond motifs is 1. The monoisotopic (exact) mass is 341 g/mol. The topological polar surface area (TPSA) is 74.7 Å². The minimum atomic E-state index is -3.64. The first kappa shape index (κ1) is 16.0. The van der Waals surface area contributed by atoms with Gasteiger partial charge in [-0.25, -0.2) is 17.5 Å². The molecule has 6 heteroatoms. The van der Waals surface area contributed by atoms with Crippen molar-refractivity contribution in [3.8, 4) is 0 Å². The van der Waals surface area contributed by atoms with Crippen LogP contribution in [0, 0.1) is 0 Å². The molecule has 122 valence electrons. The van der Waals surface area contributed by atoms with Crippen LogP contribution in [0.1, 0.15) is 10.4 Å². The van der Waals surface area contributed by atoms with E-state index in [-0.39, 0.29) is 11.3 Å². The van der Waals surface area contributed by atoms with Crippen LogP contribution >= 0.6 is 0 Å². The summed E-state index contributed by atoms with van der Waals surface area (Å²) in [5.74, 6) is -1.11. The summed E-state index contributed by atoms with van der Waals surface area (Å²) in [6.45, 7) is 0. The molecule has 1 N–H and O–H groups in total. The van der Waals surface area contributed by atoms with E-state index < -0.39 is 16.0 Å². The number of aromatic carboxylic acids is 1. The van der Waals surface area contributed by atoms with E-state index in [9.17, 15) is 13.2 Å². The van der Waals surface area contributed by atoms with Crippen molar-refractivity contribution in [1.29, 1.82) is 0 Å². The van der Waals surface area contributed by atoms with Crippen LogP contribution in [0.15, 0.2) is 66.7 Å². The molecule has 0 aromatic heterocycles. The SMILES string of the molecule is CS(=O)(=O)N(c1cccc(C(=O)O)c1)c1ccc2ccccc2c1. The summed E-state index contributed by atoms with van der Waals surface area (Å²) < 4.78 is 25.8. The maximum Gasteiger partial charge on any atom is 0.335 e. The molecular weight excluding hydrogens is 326 g/mol. The van der Waals surface area contributed by atoms with Gasteiger partial charge in [0.25, 0.3) is 0 Å². The summed E-state index contributed by atoms with van der Waals surface area (Å²) in [4.78, 5) is 11.2. The Bertz CT molecular complexity index is 1030. The normalized spacial score (nSPS) is 11.4. The first-order valence-electron chi connectivity index (χ1n) is 7.19. The van der Waals surface area contributed by atoms with Gasteiger partial charge in [0.2, 0.25) is 10.0 Å². The molecule has 0 saturated heterocycles. The summed E-state index contributed by atoms with van der Waals surface area (Å²) in [7, 11) is -3.64. The lowest BCUT2D eigenvalue weighted by Crippen LogP contribution is -2.24. The van der Waals surface area contributed by atoms with Gasteiger partial charge in [0, 0.05) is 0 Å². The molecule has 0 saturated carbocycles. The van der Waals surface area contributed by atoms with Crippen molar-refractivity contribution in [2.45, 2.75) is 0 Å². The number of sulfonamides is 1. The maximum absolute atomic E-state index is 12.3. The van der Waals surface area contributed by atoms with Gasteiger partial charge in [-0.05, 0) is 41.1 Å². The van der Waals surface area contributed by atoms with Gasteiger partial charge in [0.15, 0.2) is 0 Å². The van der Waals surface area contributed by atoms with Gasteiger partial charge >= 0.3 is 5.97 Å². The number of hydrogen-bond acceptors (Lipinski definition) is 3. The molecule has 0 spiro atoms. The number of nitrogens with zero attached hydrogens (tertiary/aromatic N) is 1. The number of hydrogen-bond donors (Lipinski definition) is 1. The van der Waals surface area contributed by atoms with E-state index in [1.165, 1.54) is 18.2 Å². The van der Waals surface area contributed by atoms with Crippen LogP contribution in [0.25, 0.3) is 10.8 Å². The van der Waals surface area contributed by atoms with Gasteiger partial charge in [0.05, 0.1) is 23.2 Å². The molecule has 0 aliphatic heterocycles. The van der Waals surface area contributed by atoms with Crippen molar-refractivity contribution in [2.75, 3.05) is 10.6 Å². The predicted molar refractivity (Wildman–Crippen MR) is 94.3 cm³/mol. The van der Waals surface area contributed by atoms with E-state index in [1.807, 2.05) is 30.3 Å². The molecular formula is C18H15NO4S. The van der Waals surface area contributed by atoms with E-state index in [0.717, 1.165) is 21.3 Å². The highest BCUT2D eigenvalue weighted by Gasteiger charge is 2.21. The molecule has 0 bridgehead atoms. The number of carboxylic acid groups (broad SMARTS) is 1. The molecule has 0 unspecified atom stereocenters. The van der Waals surface area contributed by atoms with Crippen molar-refractivity contribution in [3.05, 3.63) is 72.3 Å². The fourth-order valence-electron chi connectivity index (χ4n) is 2.60. The van der Waals surface area contributed by atoms with Crippen molar-refractivity contribution < 1.29 is 18.3 Å². The Balaban J connectivity index is 2.19. The Morgan fingerprint density at radius 3 is 2.21 bits per heavy atom. The highest BCUT2D eigenvalue weighted by Crippen LogP contribution is 2.31. The van der Waals surface area contributed by atoms with Gasteiger partial charge in [-0.2, -0.15) is 0 Å². The summed E-state index contributed by atoms with van der Waals surface area (Å²) >= 11 is 0. The first-order valence-corrected chi connectivity index (χ1v) is 9.03. The number of anilines is 2. The van der Waals surface area contributed by atoms with Crippen LogP contribution in [0.3, 0.4) is 0 Å². The molecule has 3 aromatic carbocycles. The van der Waals surface area contributed by atoms with Crippen molar-refractivity contribution in [1.82, 2.24) is 0 Å². The molecule has 0 atom stereocenters. The highest BCUT2D eigenvalue weighted by atomic mass is 32.2. The lowest BCUT2D eigenvalue weighted by molar-refractivity contribution is 0.0697. The second-order valence-corrected chi connectivity index (χ2v) is 7.25. The van der Waals surface area contributed by atoms with Crippen molar-refractivity contribution >= 4 is 38.1 Å². The number of carbonyl (C=O) groups is 1. The third-order valence-electron chi connectivity index (χ3n) is 3.63. The lowest BCUT2D eigenvalue weighted by Gasteiger charge is -2.23. The average molecular weight is 341 g/mol. The Labute approximate surface area is 139 Å². The van der Waals surface area contributed by atoms with E-state index in [4.69, 9.17) is 5.11 Å². The Hall–Kier alpha value is -2.86. The summed E-state index contributed by atoms with van der Waals surface area (Å²) in [5, 5.41) is 11.0. The van der Waals surface area contributed by atoms with Gasteiger partial charge in [0.1, 0.15) is 0 Å². The van der Waals surface area contributed by atoms with E-state index in [1.54, 1.807) is 18.2 Å². The number of benzene rings is 3. The zero-order chi connectivity index (χ0) is 17.3. The molecule has 0 amide bonds. The third-order valence-corrected chi connectivity index (χ3v) is 4.71. The molecule has 3 rings (SSSR count). The molecule has 5 nitrogen and oxygen atoms in total. The predicted octanol–water partition coefficient (Wildman–Crippen LogP) is 3.64. The highest BCUT2D eigenvalue weighted by molar-refractivity contribution is 7.92. The van der Waals surface area contributed by atoms with E-state index in [2.05, 4.69) is 0 Å². The van der Waals surface area contributed by atoms with E-state index >= 15 is 0 Å². The lowest BCUT2D eigenvalue weighted by atomic mass is 10.1. The molecule has 24 heavy (non-hydrogen) atoms. The minimum absolute atomic E-state index is 0.0296. The summed E-state index contributed by atoms with van der Waals surface area (Å²) in [5.41, 5.74) is 0.772. The van der Waals surface area contributed by atoms with Crippen LogP contribution in [-0.4, -0.2) is 25.7 Å². The standard InChI is InChI=1S/C18H15NO4S/c1-24(22,23)19(16-8-4-7-15(12-16)18(20)21)17-10-9-13-5-2-3-6-14(13)11-17/h2-12H,1H3,(H,20,21). The van der Waals surface area contributed by atoms with Crippen LogP contribution < -0.4 is 4.31 Å². The largest absolute Gasteiger partial charge is 0.478 e. The molecule has 0 aliphatic rings. The van der Waals surface area contributed by atoms with Gasteiger partial charge in [-0.3, -0.25) is 0 Å². The number of carboxylic acids is 1.